The van der Waals surface area contributed by atoms with Gasteiger partial charge in [-0.2, -0.15) is 5.26 Å². The fourth-order valence-corrected chi connectivity index (χ4v) is 5.61. The fourth-order valence-electron chi connectivity index (χ4n) is 3.07. The number of aromatic amines is 1. The number of hydrogen-bond acceptors (Lipinski definition) is 7. The molecule has 4 rings (SSSR count). The molecule has 3 heterocycles. The number of H-pyrrole nitrogens is 1. The van der Waals surface area contributed by atoms with Gasteiger partial charge >= 0.3 is 0 Å². The van der Waals surface area contributed by atoms with E-state index >= 15 is 0 Å². The third-order valence-electron chi connectivity index (χ3n) is 4.29. The molecule has 3 aromatic rings. The van der Waals surface area contributed by atoms with Crippen molar-refractivity contribution in [1.29, 1.82) is 5.26 Å². The Morgan fingerprint density at radius 1 is 1.43 bits per heavy atom. The van der Waals surface area contributed by atoms with Crippen molar-refractivity contribution < 1.29 is 4.42 Å². The molecule has 0 aromatic carbocycles. The van der Waals surface area contributed by atoms with Crippen molar-refractivity contribution in [3.8, 4) is 6.07 Å². The molecule has 9 heteroatoms. The van der Waals surface area contributed by atoms with Crippen molar-refractivity contribution in [2.75, 3.05) is 0 Å². The van der Waals surface area contributed by atoms with Gasteiger partial charge in [0.05, 0.1) is 16.3 Å². The average molecular weight is 475 g/mol. The van der Waals surface area contributed by atoms with Crippen LogP contribution in [0.5, 0.6) is 0 Å². The summed E-state index contributed by atoms with van der Waals surface area (Å²) in [7, 11) is 0. The number of rotatable bonds is 4. The minimum atomic E-state index is -0.204. The van der Waals surface area contributed by atoms with Crippen LogP contribution in [0.3, 0.4) is 0 Å². The lowest BCUT2D eigenvalue weighted by Gasteiger charge is -2.09. The Hall–Kier alpha value is -2.15. The Bertz CT molecular complexity index is 1170. The molecule has 142 valence electrons. The number of fused-ring (bicyclic) bond motifs is 1. The zero-order valence-electron chi connectivity index (χ0n) is 14.9. The summed E-state index contributed by atoms with van der Waals surface area (Å²) < 4.78 is 6.57. The Balaban J connectivity index is 1.58. The highest BCUT2D eigenvalue weighted by Crippen LogP contribution is 2.39. The van der Waals surface area contributed by atoms with Crippen molar-refractivity contribution in [1.82, 2.24) is 9.97 Å². The highest BCUT2D eigenvalue weighted by Gasteiger charge is 2.20. The van der Waals surface area contributed by atoms with Gasteiger partial charge in [-0.1, -0.05) is 0 Å². The van der Waals surface area contributed by atoms with Gasteiger partial charge in [0.2, 0.25) is 0 Å². The number of nitriles is 1. The first-order valence-corrected chi connectivity index (χ1v) is 11.1. The molecule has 0 radical (unpaired) electrons. The molecule has 3 aromatic heterocycles. The van der Waals surface area contributed by atoms with Gasteiger partial charge in [0.25, 0.3) is 5.56 Å². The zero-order chi connectivity index (χ0) is 19.7. The molecule has 0 saturated heterocycles. The Morgan fingerprint density at radius 2 is 2.25 bits per heavy atom. The monoisotopic (exact) mass is 474 g/mol. The molecule has 0 amide bonds. The highest BCUT2D eigenvalue weighted by atomic mass is 79.9. The van der Waals surface area contributed by atoms with Gasteiger partial charge < -0.3 is 9.40 Å². The molecule has 0 bridgehead atoms. The maximum Gasteiger partial charge on any atom is 0.251 e. The molecule has 0 unspecified atom stereocenters. The Morgan fingerprint density at radius 3 is 3.04 bits per heavy atom. The number of nitrogens with zero attached hydrogens (tertiary/aromatic N) is 3. The topological polar surface area (TPSA) is 95.0 Å². The van der Waals surface area contributed by atoms with Crippen LogP contribution in [0.4, 0.5) is 5.00 Å². The van der Waals surface area contributed by atoms with Crippen LogP contribution in [0.25, 0.3) is 0 Å². The molecule has 1 aliphatic rings. The molecular formula is C19H15BrN4O2S2. The van der Waals surface area contributed by atoms with E-state index in [0.717, 1.165) is 34.3 Å². The molecule has 0 saturated carbocycles. The predicted molar refractivity (Wildman–Crippen MR) is 113 cm³/mol. The standard InChI is InChI=1S/C19H15BrN4O2S2/c1-10-6-16(25)24-19(23-10)28-18-14(20)7-11(26-18)9-22-17-13(8-21)12-4-2-3-5-15(12)27-17/h6-7,9H,2-5H2,1H3,(H,23,24,25). The van der Waals surface area contributed by atoms with Gasteiger partial charge in [0.15, 0.2) is 10.2 Å². The van der Waals surface area contributed by atoms with Gasteiger partial charge in [-0.25, -0.2) is 9.98 Å². The van der Waals surface area contributed by atoms with Crippen molar-refractivity contribution in [2.45, 2.75) is 42.9 Å². The first kappa shape index (κ1) is 19.2. The maximum absolute atomic E-state index is 11.6. The summed E-state index contributed by atoms with van der Waals surface area (Å²) in [6.07, 6.45) is 5.90. The first-order chi connectivity index (χ1) is 13.5. The van der Waals surface area contributed by atoms with E-state index in [0.29, 0.717) is 27.3 Å². The predicted octanol–water partition coefficient (Wildman–Crippen LogP) is 5.15. The fraction of sp³-hybridized carbons (Fsp3) is 0.263. The van der Waals surface area contributed by atoms with E-state index in [1.54, 1.807) is 30.5 Å². The van der Waals surface area contributed by atoms with Crippen LogP contribution in [0, 0.1) is 18.3 Å². The van der Waals surface area contributed by atoms with Crippen LogP contribution in [-0.2, 0) is 12.8 Å². The van der Waals surface area contributed by atoms with Crippen molar-refractivity contribution in [3.05, 3.63) is 54.4 Å². The van der Waals surface area contributed by atoms with Crippen LogP contribution in [0.2, 0.25) is 0 Å². The number of halogens is 1. The van der Waals surface area contributed by atoms with Crippen LogP contribution < -0.4 is 5.56 Å². The Kier molecular flexibility index (Phi) is 5.53. The van der Waals surface area contributed by atoms with E-state index in [9.17, 15) is 10.1 Å². The lowest BCUT2D eigenvalue weighted by Crippen LogP contribution is -2.07. The van der Waals surface area contributed by atoms with Crippen LogP contribution in [0.1, 0.15) is 40.3 Å². The van der Waals surface area contributed by atoms with Crippen LogP contribution in [-0.4, -0.2) is 16.2 Å². The first-order valence-electron chi connectivity index (χ1n) is 8.67. The quantitative estimate of drug-likeness (QED) is 0.416. The molecule has 28 heavy (non-hydrogen) atoms. The van der Waals surface area contributed by atoms with E-state index in [4.69, 9.17) is 4.42 Å². The number of aryl methyl sites for hydroxylation is 2. The van der Waals surface area contributed by atoms with Crippen molar-refractivity contribution >= 4 is 50.2 Å². The summed E-state index contributed by atoms with van der Waals surface area (Å²) >= 11 is 6.28. The number of aliphatic imine (C=N–C) groups is 1. The molecule has 0 aliphatic heterocycles. The third kappa shape index (κ3) is 3.99. The van der Waals surface area contributed by atoms with Gasteiger partial charge in [-0.3, -0.25) is 4.79 Å². The largest absolute Gasteiger partial charge is 0.447 e. The normalized spacial score (nSPS) is 13.6. The van der Waals surface area contributed by atoms with Gasteiger partial charge in [-0.15, -0.1) is 11.3 Å². The maximum atomic E-state index is 11.6. The molecule has 1 aliphatic carbocycles. The Labute approximate surface area is 177 Å². The molecule has 0 fully saturated rings. The zero-order valence-corrected chi connectivity index (χ0v) is 18.1. The third-order valence-corrected chi connectivity index (χ3v) is 7.21. The van der Waals surface area contributed by atoms with E-state index < -0.39 is 0 Å². The minimum absolute atomic E-state index is 0.204. The summed E-state index contributed by atoms with van der Waals surface area (Å²) in [4.78, 5) is 24.4. The summed E-state index contributed by atoms with van der Waals surface area (Å²) in [6.45, 7) is 1.77. The molecule has 0 atom stereocenters. The summed E-state index contributed by atoms with van der Waals surface area (Å²) in [5, 5.41) is 11.3. The number of nitrogens with one attached hydrogen (secondary N) is 1. The second-order valence-electron chi connectivity index (χ2n) is 6.34. The van der Waals surface area contributed by atoms with Gasteiger partial charge in [-0.05, 0) is 65.9 Å². The van der Waals surface area contributed by atoms with E-state index in [1.165, 1.54) is 29.1 Å². The summed E-state index contributed by atoms with van der Waals surface area (Å²) in [5.41, 5.74) is 2.29. The number of hydrogen-bond donors (Lipinski definition) is 1. The van der Waals surface area contributed by atoms with E-state index in [2.05, 4.69) is 37.0 Å². The molecule has 0 spiro atoms. The van der Waals surface area contributed by atoms with Crippen molar-refractivity contribution in [2.24, 2.45) is 4.99 Å². The number of furan rings is 1. The van der Waals surface area contributed by atoms with E-state index in [1.807, 2.05) is 0 Å². The number of aromatic nitrogens is 2. The second kappa shape index (κ2) is 8.07. The van der Waals surface area contributed by atoms with Crippen LogP contribution >= 0.6 is 39.0 Å². The van der Waals surface area contributed by atoms with Crippen molar-refractivity contribution in [3.63, 3.8) is 0 Å². The van der Waals surface area contributed by atoms with Gasteiger partial charge in [0, 0.05) is 22.7 Å². The number of thiophene rings is 1. The average Bonchev–Trinajstić information content (AvgIpc) is 3.18. The molecule has 1 N–H and O–H groups in total. The van der Waals surface area contributed by atoms with Crippen LogP contribution in [0.15, 0.2) is 41.1 Å². The smallest absolute Gasteiger partial charge is 0.251 e. The van der Waals surface area contributed by atoms with E-state index in [-0.39, 0.29) is 5.56 Å². The summed E-state index contributed by atoms with van der Waals surface area (Å²) in [5.74, 6) is 0.555. The SMILES string of the molecule is Cc1cc(=O)[nH]c(Sc2oc(C=Nc3sc4c(c3C#N)CCCC4)cc2Br)n1. The lowest BCUT2D eigenvalue weighted by atomic mass is 9.96. The second-order valence-corrected chi connectivity index (χ2v) is 9.24. The molecular weight excluding hydrogens is 460 g/mol. The molecule has 6 nitrogen and oxygen atoms in total. The van der Waals surface area contributed by atoms with Gasteiger partial charge in [0.1, 0.15) is 16.8 Å². The highest BCUT2D eigenvalue weighted by molar-refractivity contribution is 9.10. The minimum Gasteiger partial charge on any atom is -0.447 e. The lowest BCUT2D eigenvalue weighted by molar-refractivity contribution is 0.465. The summed E-state index contributed by atoms with van der Waals surface area (Å²) in [6, 6.07) is 5.55.